The van der Waals surface area contributed by atoms with Crippen molar-refractivity contribution in [2.24, 2.45) is 5.84 Å². The van der Waals surface area contributed by atoms with Crippen LogP contribution in [0.25, 0.3) is 0 Å². The average molecular weight is 475 g/mol. The number of carbonyl (C=O) groups is 3. The molecule has 4 N–H and O–H groups in total. The van der Waals surface area contributed by atoms with E-state index in [0.717, 1.165) is 0 Å². The molecule has 2 rings (SSSR count). The first-order valence-electron chi connectivity index (χ1n) is 9.37. The van der Waals surface area contributed by atoms with Gasteiger partial charge in [0.05, 0.1) is 10.0 Å². The van der Waals surface area contributed by atoms with Crippen LogP contribution in [0.4, 0.5) is 9.59 Å². The van der Waals surface area contributed by atoms with E-state index in [2.05, 4.69) is 10.7 Å². The van der Waals surface area contributed by atoms with Gasteiger partial charge in [0.25, 0.3) is 5.91 Å². The van der Waals surface area contributed by atoms with Crippen molar-refractivity contribution in [3.8, 4) is 5.75 Å². The second-order valence-electron chi connectivity index (χ2n) is 7.86. The fourth-order valence-electron chi connectivity index (χ4n) is 2.96. The lowest BCUT2D eigenvalue weighted by atomic mass is 10.2. The number of halogens is 2. The highest BCUT2D eigenvalue weighted by atomic mass is 35.5. The maximum atomic E-state index is 12.6. The van der Waals surface area contributed by atoms with E-state index in [-0.39, 0.29) is 29.9 Å². The molecule has 1 fully saturated rings. The Kier molecular flexibility index (Phi) is 8.64. The third-order valence-corrected chi connectivity index (χ3v) is 7.85. The molecular formula is C18H25AlCl2N4O5. The van der Waals surface area contributed by atoms with E-state index in [1.165, 1.54) is 9.95 Å². The molecule has 9 nitrogen and oxygen atoms in total. The number of nitrogens with zero attached hydrogens (tertiary/aromatic N) is 1. The number of benzene rings is 1. The maximum Gasteiger partial charge on any atom is 0.550 e. The molecule has 0 aromatic heterocycles. The molecule has 0 aliphatic carbocycles. The summed E-state index contributed by atoms with van der Waals surface area (Å²) >= 11 is 9.41. The quantitative estimate of drug-likeness (QED) is 0.261. The van der Waals surface area contributed by atoms with Gasteiger partial charge in [-0.25, -0.2) is 10.6 Å². The van der Waals surface area contributed by atoms with E-state index in [4.69, 9.17) is 38.5 Å². The third kappa shape index (κ3) is 7.22. The van der Waals surface area contributed by atoms with Crippen molar-refractivity contribution in [2.75, 3.05) is 13.2 Å². The summed E-state index contributed by atoms with van der Waals surface area (Å²) in [4.78, 5) is 37.0. The van der Waals surface area contributed by atoms with Crippen LogP contribution in [0, 0.1) is 0 Å². The lowest BCUT2D eigenvalue weighted by Crippen LogP contribution is -2.62. The molecule has 1 saturated heterocycles. The summed E-state index contributed by atoms with van der Waals surface area (Å²) in [6.45, 7) is 5.17. The van der Waals surface area contributed by atoms with Crippen molar-refractivity contribution in [2.45, 2.75) is 44.1 Å². The molecule has 3 amide bonds. The molecule has 1 atom stereocenters. The molecule has 0 unspecified atom stereocenters. The standard InChI is InChI=1S/C17H23Cl2N2O4.CH3N2O.Al/c1-5-11(9-20-16(23)25-17(2,3)4)21-15(22)10-24-12-6-7-13(18)14(19)8-12;2-3-1-4;/h6-8,11H,1,5,9-10H2,2-4H3,(H2,20,21,22,23);2H2,(H,3,4);/q;;+1/p-1/t11-;;/m0../s1. The first-order chi connectivity index (χ1) is 14.0. The van der Waals surface area contributed by atoms with Crippen LogP contribution in [-0.2, 0) is 9.53 Å². The lowest BCUT2D eigenvalue weighted by molar-refractivity contribution is -0.124. The Labute approximate surface area is 189 Å². The lowest BCUT2D eigenvalue weighted by Gasteiger charge is -2.37. The predicted molar refractivity (Wildman–Crippen MR) is 115 cm³/mol. The number of hydrogen-bond acceptors (Lipinski definition) is 6. The topological polar surface area (TPSA) is 123 Å². The molecule has 0 bridgehead atoms. The Morgan fingerprint density at radius 1 is 1.27 bits per heavy atom. The van der Waals surface area contributed by atoms with Gasteiger partial charge in [0.1, 0.15) is 11.4 Å². The summed E-state index contributed by atoms with van der Waals surface area (Å²) in [6.07, 6.45) is -0.0453. The second-order valence-corrected chi connectivity index (χ2v) is 11.4. The molecule has 0 radical (unpaired) electrons. The zero-order valence-electron chi connectivity index (χ0n) is 17.0. The van der Waals surface area contributed by atoms with Gasteiger partial charge in [0.15, 0.2) is 11.4 Å². The highest BCUT2D eigenvalue weighted by Crippen LogP contribution is 2.26. The Hall–Kier alpha value is -1.70. The van der Waals surface area contributed by atoms with E-state index < -0.39 is 26.1 Å². The molecule has 1 aromatic carbocycles. The predicted octanol–water partition coefficient (Wildman–Crippen LogP) is 2.65. The summed E-state index contributed by atoms with van der Waals surface area (Å²) in [5.74, 6) is 5.32. The van der Waals surface area contributed by atoms with Crippen LogP contribution in [-0.4, -0.2) is 59.8 Å². The Morgan fingerprint density at radius 2 is 1.97 bits per heavy atom. The van der Waals surface area contributed by atoms with Gasteiger partial charge >= 0.3 is 20.5 Å². The summed E-state index contributed by atoms with van der Waals surface area (Å²) in [5, 5.41) is 4.00. The second kappa shape index (κ2) is 10.6. The van der Waals surface area contributed by atoms with Gasteiger partial charge in [-0.3, -0.25) is 9.59 Å². The molecule has 1 aliphatic rings. The van der Waals surface area contributed by atoms with E-state index in [0.29, 0.717) is 27.5 Å². The molecule has 164 valence electrons. The van der Waals surface area contributed by atoms with E-state index in [1.807, 2.05) is 0 Å². The SMILES string of the molecule is CC(C)(C)OC(=O)[N]1C[C@@H](NC(=O)COc2ccc(Cl)c(Cl)c2)C[CH2][Al]1[C](=O)NN. The van der Waals surface area contributed by atoms with Gasteiger partial charge in [-0.1, -0.05) is 28.5 Å². The van der Waals surface area contributed by atoms with Crippen LogP contribution in [0.15, 0.2) is 18.2 Å². The van der Waals surface area contributed by atoms with Crippen molar-refractivity contribution in [3.05, 3.63) is 28.2 Å². The van der Waals surface area contributed by atoms with Crippen LogP contribution in [0.1, 0.15) is 27.2 Å². The van der Waals surface area contributed by atoms with Crippen LogP contribution in [0.2, 0.25) is 15.3 Å². The van der Waals surface area contributed by atoms with Crippen LogP contribution < -0.4 is 21.3 Å². The van der Waals surface area contributed by atoms with Crippen LogP contribution >= 0.6 is 23.2 Å². The smallest absolute Gasteiger partial charge is 0.484 e. The van der Waals surface area contributed by atoms with Gasteiger partial charge in [0, 0.05) is 18.7 Å². The van der Waals surface area contributed by atoms with Crippen molar-refractivity contribution < 1.29 is 23.9 Å². The number of ether oxygens (including phenoxy) is 2. The first kappa shape index (κ1) is 24.6. The first-order valence-corrected chi connectivity index (χ1v) is 12.0. The largest absolute Gasteiger partial charge is 0.550 e. The third-order valence-electron chi connectivity index (χ3n) is 4.28. The normalized spacial score (nSPS) is 16.7. The van der Waals surface area contributed by atoms with Gasteiger partial charge in [0.2, 0.25) is 0 Å². The van der Waals surface area contributed by atoms with Crippen molar-refractivity contribution in [1.29, 1.82) is 0 Å². The average Bonchev–Trinajstić information content (AvgIpc) is 2.67. The minimum absolute atomic E-state index is 0.164. The number of rotatable bonds is 5. The number of hydrazine groups is 1. The molecule has 1 aliphatic heterocycles. The van der Waals surface area contributed by atoms with Gasteiger partial charge in [-0.15, -0.1) is 0 Å². The van der Waals surface area contributed by atoms with Crippen molar-refractivity contribution in [3.63, 3.8) is 0 Å². The number of nitrogens with two attached hydrogens (primary N) is 1. The molecule has 12 heteroatoms. The van der Waals surface area contributed by atoms with Gasteiger partial charge in [-0.05, 0) is 39.3 Å². The molecular weight excluding hydrogens is 450 g/mol. The highest BCUT2D eigenvalue weighted by Gasteiger charge is 2.45. The van der Waals surface area contributed by atoms with Crippen LogP contribution in [0.3, 0.4) is 0 Å². The monoisotopic (exact) mass is 474 g/mol. The fraction of sp³-hybridized carbons (Fsp3) is 0.500. The van der Waals surface area contributed by atoms with E-state index in [1.54, 1.807) is 32.9 Å². The molecule has 0 spiro atoms. The number of carbonyl (C=O) groups excluding carboxylic acids is 3. The minimum Gasteiger partial charge on any atom is -0.484 e. The van der Waals surface area contributed by atoms with E-state index >= 15 is 0 Å². The van der Waals surface area contributed by atoms with Crippen molar-refractivity contribution in [1.82, 2.24) is 14.6 Å². The highest BCUT2D eigenvalue weighted by molar-refractivity contribution is 6.89. The Morgan fingerprint density at radius 3 is 2.57 bits per heavy atom. The van der Waals surface area contributed by atoms with E-state index in [9.17, 15) is 14.4 Å². The molecule has 30 heavy (non-hydrogen) atoms. The maximum absolute atomic E-state index is 12.6. The summed E-state index contributed by atoms with van der Waals surface area (Å²) in [7, 11) is 0. The fourth-order valence-corrected chi connectivity index (χ4v) is 5.84. The number of amides is 3. The summed E-state index contributed by atoms with van der Waals surface area (Å²) in [6, 6.07) is 4.36. The number of nitrogens with one attached hydrogen (secondary N) is 2. The number of hydrogen-bond donors (Lipinski definition) is 3. The summed E-state index contributed by atoms with van der Waals surface area (Å²) in [5.41, 5.74) is 1.42. The summed E-state index contributed by atoms with van der Waals surface area (Å²) < 4.78 is 11.9. The molecule has 0 saturated carbocycles. The zero-order valence-corrected chi connectivity index (χ0v) is 19.7. The molecule has 1 aromatic rings. The van der Waals surface area contributed by atoms with Gasteiger partial charge in [-0.2, -0.15) is 0 Å². The van der Waals surface area contributed by atoms with Crippen molar-refractivity contribution >= 4 is 54.3 Å². The minimum atomic E-state index is -2.37. The zero-order chi connectivity index (χ0) is 22.5. The Bertz CT molecular complexity index is 805. The molecule has 1 heterocycles. The van der Waals surface area contributed by atoms with Crippen LogP contribution in [0.5, 0.6) is 5.75 Å². The van der Waals surface area contributed by atoms with Gasteiger partial charge < -0.3 is 24.1 Å². The Balaban J connectivity index is 1.96.